The van der Waals surface area contributed by atoms with Crippen LogP contribution in [0.5, 0.6) is 0 Å². The van der Waals surface area contributed by atoms with Crippen LogP contribution in [-0.4, -0.2) is 9.38 Å². The van der Waals surface area contributed by atoms with E-state index in [4.69, 9.17) is 0 Å². The van der Waals surface area contributed by atoms with Crippen molar-refractivity contribution in [3.8, 4) is 11.3 Å². The van der Waals surface area contributed by atoms with Gasteiger partial charge in [-0.25, -0.2) is 4.98 Å². The highest BCUT2D eigenvalue weighted by Gasteiger charge is 2.30. The number of hydrogen-bond acceptors (Lipinski definition) is 1. The number of fused-ring (bicyclic) bond motifs is 1. The van der Waals surface area contributed by atoms with Crippen molar-refractivity contribution in [1.82, 2.24) is 9.38 Å². The Labute approximate surface area is 113 Å². The molecular weight excluding hydrogens is 265 g/mol. The molecule has 0 N–H and O–H groups in total. The number of hydrogen-bond donors (Lipinski definition) is 0. The van der Waals surface area contributed by atoms with Crippen LogP contribution in [0.2, 0.25) is 0 Å². The van der Waals surface area contributed by atoms with E-state index in [-0.39, 0.29) is 0 Å². The second-order valence-electron chi connectivity index (χ2n) is 4.60. The first-order chi connectivity index (χ1) is 9.47. The summed E-state index contributed by atoms with van der Waals surface area (Å²) in [7, 11) is 0. The second kappa shape index (κ2) is 4.37. The normalized spacial score (nSPS) is 12.0. The number of benzene rings is 1. The third-order valence-corrected chi connectivity index (χ3v) is 3.24. The van der Waals surface area contributed by atoms with Crippen LogP contribution in [0.4, 0.5) is 13.2 Å². The number of nitrogens with zero attached hydrogens (tertiary/aromatic N) is 2. The predicted octanol–water partition coefficient (Wildman–Crippen LogP) is 4.33. The number of pyridine rings is 1. The minimum atomic E-state index is -4.31. The van der Waals surface area contributed by atoms with Crippen LogP contribution in [0.15, 0.2) is 48.8 Å². The second-order valence-corrected chi connectivity index (χ2v) is 4.60. The topological polar surface area (TPSA) is 17.3 Å². The molecule has 0 bridgehead atoms. The van der Waals surface area contributed by atoms with Gasteiger partial charge in [-0.05, 0) is 30.7 Å². The maximum Gasteiger partial charge on any atom is 0.416 e. The van der Waals surface area contributed by atoms with Crippen molar-refractivity contribution in [3.05, 3.63) is 59.9 Å². The highest BCUT2D eigenvalue weighted by molar-refractivity contribution is 5.65. The maximum atomic E-state index is 12.6. The van der Waals surface area contributed by atoms with Crippen LogP contribution >= 0.6 is 0 Å². The summed E-state index contributed by atoms with van der Waals surface area (Å²) >= 11 is 0. The van der Waals surface area contributed by atoms with Gasteiger partial charge in [-0.3, -0.25) is 4.40 Å². The molecule has 0 saturated carbocycles. The van der Waals surface area contributed by atoms with Gasteiger partial charge in [0.15, 0.2) is 0 Å². The van der Waals surface area contributed by atoms with Gasteiger partial charge in [0.25, 0.3) is 0 Å². The molecule has 3 rings (SSSR count). The number of aromatic nitrogens is 2. The Balaban J connectivity index is 2.10. The number of alkyl halides is 3. The average Bonchev–Trinajstić information content (AvgIpc) is 2.83. The average molecular weight is 276 g/mol. The minimum Gasteiger partial charge on any atom is -0.299 e. The van der Waals surface area contributed by atoms with Crippen LogP contribution in [0.3, 0.4) is 0 Å². The van der Waals surface area contributed by atoms with Crippen molar-refractivity contribution in [1.29, 1.82) is 0 Å². The largest absolute Gasteiger partial charge is 0.416 e. The lowest BCUT2D eigenvalue weighted by molar-refractivity contribution is -0.137. The smallest absolute Gasteiger partial charge is 0.299 e. The molecule has 0 aliphatic heterocycles. The number of halogens is 3. The molecule has 1 aromatic carbocycles. The van der Waals surface area contributed by atoms with Gasteiger partial charge < -0.3 is 0 Å². The van der Waals surface area contributed by atoms with Crippen LogP contribution < -0.4 is 0 Å². The maximum absolute atomic E-state index is 12.6. The Morgan fingerprint density at radius 3 is 2.40 bits per heavy atom. The summed E-state index contributed by atoms with van der Waals surface area (Å²) < 4.78 is 39.5. The van der Waals surface area contributed by atoms with E-state index in [9.17, 15) is 13.2 Å². The van der Waals surface area contributed by atoms with E-state index >= 15 is 0 Å². The van der Waals surface area contributed by atoms with Crippen molar-refractivity contribution in [2.24, 2.45) is 0 Å². The summed E-state index contributed by atoms with van der Waals surface area (Å²) in [6.45, 7) is 1.94. The summed E-state index contributed by atoms with van der Waals surface area (Å²) in [4.78, 5) is 4.31. The molecule has 0 aliphatic carbocycles. The third kappa shape index (κ3) is 2.05. The molecule has 2 aromatic heterocycles. The SMILES string of the molecule is Cc1cccn2c(-c3ccc(C(F)(F)F)cc3)cnc12. The van der Waals surface area contributed by atoms with Gasteiger partial charge in [-0.15, -0.1) is 0 Å². The number of rotatable bonds is 1. The van der Waals surface area contributed by atoms with Gasteiger partial charge in [0.1, 0.15) is 5.65 Å². The Bertz CT molecular complexity index is 755. The number of aryl methyl sites for hydroxylation is 1. The minimum absolute atomic E-state index is 0.647. The molecular formula is C15H11F3N2. The lowest BCUT2D eigenvalue weighted by atomic mass is 10.1. The molecule has 5 heteroatoms. The molecule has 0 fully saturated rings. The molecule has 3 aromatic rings. The molecule has 0 saturated heterocycles. The molecule has 0 amide bonds. The molecule has 20 heavy (non-hydrogen) atoms. The van der Waals surface area contributed by atoms with E-state index < -0.39 is 11.7 Å². The quantitative estimate of drug-likeness (QED) is 0.646. The Morgan fingerprint density at radius 2 is 1.75 bits per heavy atom. The Hall–Kier alpha value is -2.30. The van der Waals surface area contributed by atoms with Crippen LogP contribution in [-0.2, 0) is 6.18 Å². The summed E-state index contributed by atoms with van der Waals surface area (Å²) in [6, 6.07) is 8.94. The number of imidazole rings is 1. The van der Waals surface area contributed by atoms with E-state index in [2.05, 4.69) is 4.98 Å². The van der Waals surface area contributed by atoms with E-state index in [0.29, 0.717) is 5.56 Å². The van der Waals surface area contributed by atoms with Crippen LogP contribution in [0.1, 0.15) is 11.1 Å². The molecule has 0 radical (unpaired) electrons. The first-order valence-corrected chi connectivity index (χ1v) is 6.07. The van der Waals surface area contributed by atoms with Crippen molar-refractivity contribution < 1.29 is 13.2 Å². The summed E-state index contributed by atoms with van der Waals surface area (Å²) in [5, 5.41) is 0. The molecule has 2 nitrogen and oxygen atoms in total. The van der Waals surface area contributed by atoms with E-state index in [1.54, 1.807) is 6.20 Å². The molecule has 0 aliphatic rings. The van der Waals surface area contributed by atoms with Crippen molar-refractivity contribution in [2.45, 2.75) is 13.1 Å². The first kappa shape index (κ1) is 12.7. The van der Waals surface area contributed by atoms with Crippen LogP contribution in [0.25, 0.3) is 16.9 Å². The highest BCUT2D eigenvalue weighted by atomic mass is 19.4. The summed E-state index contributed by atoms with van der Waals surface area (Å²) in [5.41, 5.74) is 2.66. The summed E-state index contributed by atoms with van der Waals surface area (Å²) in [5.74, 6) is 0. The van der Waals surface area contributed by atoms with Gasteiger partial charge in [0.05, 0.1) is 17.5 Å². The van der Waals surface area contributed by atoms with Crippen molar-refractivity contribution in [3.63, 3.8) is 0 Å². The molecule has 2 heterocycles. The van der Waals surface area contributed by atoms with E-state index in [1.807, 2.05) is 29.7 Å². The van der Waals surface area contributed by atoms with E-state index in [0.717, 1.165) is 29.0 Å². The fourth-order valence-corrected chi connectivity index (χ4v) is 2.20. The van der Waals surface area contributed by atoms with E-state index in [1.165, 1.54) is 12.1 Å². The molecule has 102 valence electrons. The first-order valence-electron chi connectivity index (χ1n) is 6.07. The summed E-state index contributed by atoms with van der Waals surface area (Å²) in [6.07, 6.45) is -0.790. The molecule has 0 spiro atoms. The Morgan fingerprint density at radius 1 is 1.05 bits per heavy atom. The van der Waals surface area contributed by atoms with Gasteiger partial charge in [-0.2, -0.15) is 13.2 Å². The highest BCUT2D eigenvalue weighted by Crippen LogP contribution is 2.31. The van der Waals surface area contributed by atoms with Gasteiger partial charge in [-0.1, -0.05) is 18.2 Å². The fourth-order valence-electron chi connectivity index (χ4n) is 2.20. The third-order valence-electron chi connectivity index (χ3n) is 3.24. The van der Waals surface area contributed by atoms with Crippen molar-refractivity contribution >= 4 is 5.65 Å². The predicted molar refractivity (Wildman–Crippen MR) is 70.4 cm³/mol. The van der Waals surface area contributed by atoms with Crippen LogP contribution in [0, 0.1) is 6.92 Å². The lowest BCUT2D eigenvalue weighted by Crippen LogP contribution is -2.04. The monoisotopic (exact) mass is 276 g/mol. The molecule has 0 atom stereocenters. The van der Waals surface area contributed by atoms with Gasteiger partial charge in [0, 0.05) is 11.8 Å². The zero-order valence-electron chi connectivity index (χ0n) is 10.6. The van der Waals surface area contributed by atoms with Gasteiger partial charge >= 0.3 is 6.18 Å². The fraction of sp³-hybridized carbons (Fsp3) is 0.133. The zero-order valence-corrected chi connectivity index (χ0v) is 10.6. The standard InChI is InChI=1S/C15H11F3N2/c1-10-3-2-8-20-13(9-19-14(10)20)11-4-6-12(7-5-11)15(16,17)18/h2-9H,1H3. The van der Waals surface area contributed by atoms with Gasteiger partial charge in [0.2, 0.25) is 0 Å². The Kier molecular flexibility index (Phi) is 2.78. The van der Waals surface area contributed by atoms with Crippen molar-refractivity contribution in [2.75, 3.05) is 0 Å². The zero-order chi connectivity index (χ0) is 14.3. The lowest BCUT2D eigenvalue weighted by Gasteiger charge is -2.07. The molecule has 0 unspecified atom stereocenters.